The fraction of sp³-hybridized carbons (Fsp3) is 0.615. The van der Waals surface area contributed by atoms with E-state index in [0.29, 0.717) is 24.5 Å². The van der Waals surface area contributed by atoms with Gasteiger partial charge in [-0.1, -0.05) is 41.1 Å². The highest BCUT2D eigenvalue weighted by atomic mass is 79.9. The van der Waals surface area contributed by atoms with Crippen molar-refractivity contribution in [1.82, 2.24) is 4.98 Å². The summed E-state index contributed by atoms with van der Waals surface area (Å²) < 4.78 is 0. The van der Waals surface area contributed by atoms with Crippen molar-refractivity contribution in [3.05, 3.63) is 10.6 Å². The zero-order valence-corrected chi connectivity index (χ0v) is 13.3. The van der Waals surface area contributed by atoms with Crippen LogP contribution < -0.4 is 4.90 Å². The fourth-order valence-electron chi connectivity index (χ4n) is 2.67. The van der Waals surface area contributed by atoms with Gasteiger partial charge in [-0.2, -0.15) is 0 Å². The molecule has 0 aromatic carbocycles. The van der Waals surface area contributed by atoms with Crippen molar-refractivity contribution >= 4 is 44.1 Å². The average Bonchev–Trinajstić information content (AvgIpc) is 2.80. The molecule has 19 heavy (non-hydrogen) atoms. The normalized spacial score (nSPS) is 25.8. The Hall–Kier alpha value is -0.750. The van der Waals surface area contributed by atoms with E-state index in [1.165, 1.54) is 11.3 Å². The number of hydrogen-bond donors (Lipinski definition) is 0. The lowest BCUT2D eigenvalue weighted by molar-refractivity contribution is -0.117. The van der Waals surface area contributed by atoms with Crippen molar-refractivity contribution in [3.8, 4) is 0 Å². The van der Waals surface area contributed by atoms with Gasteiger partial charge >= 0.3 is 0 Å². The lowest BCUT2D eigenvalue weighted by Crippen LogP contribution is -2.26. The summed E-state index contributed by atoms with van der Waals surface area (Å²) >= 11 is 4.84. The number of carbonyl (C=O) groups is 2. The quantitative estimate of drug-likeness (QED) is 0.737. The Morgan fingerprint density at radius 3 is 2.74 bits per heavy atom. The Morgan fingerprint density at radius 2 is 2.11 bits per heavy atom. The van der Waals surface area contributed by atoms with Crippen molar-refractivity contribution in [2.24, 2.45) is 5.41 Å². The van der Waals surface area contributed by atoms with Gasteiger partial charge in [-0.3, -0.25) is 14.5 Å². The molecule has 0 radical (unpaired) electrons. The summed E-state index contributed by atoms with van der Waals surface area (Å²) in [6, 6.07) is 0. The fourth-order valence-corrected chi connectivity index (χ4v) is 4.29. The second-order valence-corrected chi connectivity index (χ2v) is 8.29. The minimum Gasteiger partial charge on any atom is -0.293 e. The van der Waals surface area contributed by atoms with Crippen molar-refractivity contribution in [1.29, 1.82) is 0 Å². The van der Waals surface area contributed by atoms with Crippen LogP contribution in [0, 0.1) is 5.41 Å². The maximum atomic E-state index is 12.1. The van der Waals surface area contributed by atoms with Crippen LogP contribution in [0.25, 0.3) is 0 Å². The largest absolute Gasteiger partial charge is 0.293 e. The summed E-state index contributed by atoms with van der Waals surface area (Å²) in [5.74, 6) is 0.247. The lowest BCUT2D eigenvalue weighted by Gasteiger charge is -2.26. The molecule has 0 spiro atoms. The number of hydrogen-bond acceptors (Lipinski definition) is 4. The smallest absolute Gasteiger partial charge is 0.230 e. The van der Waals surface area contributed by atoms with Crippen LogP contribution in [0.15, 0.2) is 0 Å². The molecule has 1 unspecified atom stereocenters. The predicted octanol–water partition coefficient (Wildman–Crippen LogP) is 2.80. The minimum atomic E-state index is -0.0254. The number of ketones is 1. The van der Waals surface area contributed by atoms with E-state index in [4.69, 9.17) is 0 Å². The van der Waals surface area contributed by atoms with Crippen LogP contribution in [0.5, 0.6) is 0 Å². The average molecular weight is 343 g/mol. The summed E-state index contributed by atoms with van der Waals surface area (Å²) in [4.78, 5) is 31.2. The van der Waals surface area contributed by atoms with E-state index in [1.54, 1.807) is 4.90 Å². The first kappa shape index (κ1) is 13.2. The first-order valence-electron chi connectivity index (χ1n) is 6.33. The summed E-state index contributed by atoms with van der Waals surface area (Å²) in [5.41, 5.74) is 0.842. The van der Waals surface area contributed by atoms with E-state index >= 15 is 0 Å². The third-order valence-corrected chi connectivity index (χ3v) is 5.31. The molecule has 6 heteroatoms. The molecular weight excluding hydrogens is 328 g/mol. The monoisotopic (exact) mass is 342 g/mol. The van der Waals surface area contributed by atoms with Gasteiger partial charge in [0.1, 0.15) is 0 Å². The SMILES string of the molecule is CC1(C)CC(=O)c2sc(N3CC(Br)CC3=O)nc2C1. The Kier molecular flexibility index (Phi) is 3.05. The predicted molar refractivity (Wildman–Crippen MR) is 78.2 cm³/mol. The molecule has 3 rings (SSSR count). The highest BCUT2D eigenvalue weighted by Crippen LogP contribution is 2.40. The zero-order valence-electron chi connectivity index (χ0n) is 10.9. The van der Waals surface area contributed by atoms with Gasteiger partial charge in [0, 0.05) is 24.2 Å². The Morgan fingerprint density at radius 1 is 1.37 bits per heavy atom. The molecule has 0 saturated carbocycles. The lowest BCUT2D eigenvalue weighted by atomic mass is 9.78. The standard InChI is InChI=1S/C13H15BrN2O2S/c1-13(2)4-8-11(9(17)5-13)19-12(15-8)16-6-7(14)3-10(16)18/h7H,3-6H2,1-2H3. The molecule has 0 N–H and O–H groups in total. The summed E-state index contributed by atoms with van der Waals surface area (Å²) in [6.07, 6.45) is 1.88. The molecular formula is C13H15BrN2O2S. The molecule has 102 valence electrons. The number of carbonyl (C=O) groups excluding carboxylic acids is 2. The second-order valence-electron chi connectivity index (χ2n) is 6.02. The number of fused-ring (bicyclic) bond motifs is 1. The van der Waals surface area contributed by atoms with Gasteiger partial charge in [-0.25, -0.2) is 4.98 Å². The van der Waals surface area contributed by atoms with Crippen molar-refractivity contribution in [2.75, 3.05) is 11.4 Å². The molecule has 1 aliphatic heterocycles. The van der Waals surface area contributed by atoms with Crippen LogP contribution in [0.3, 0.4) is 0 Å². The Balaban J connectivity index is 1.95. The number of Topliss-reactive ketones (excluding diaryl/α,β-unsaturated/α-hetero) is 1. The molecule has 1 saturated heterocycles. The number of nitrogens with zero attached hydrogens (tertiary/aromatic N) is 2. The minimum absolute atomic E-state index is 0.0254. The van der Waals surface area contributed by atoms with Gasteiger partial charge in [0.25, 0.3) is 0 Å². The van der Waals surface area contributed by atoms with Crippen molar-refractivity contribution in [2.45, 2.75) is 37.9 Å². The molecule has 4 nitrogen and oxygen atoms in total. The number of rotatable bonds is 1. The van der Waals surface area contributed by atoms with Crippen molar-refractivity contribution in [3.63, 3.8) is 0 Å². The maximum absolute atomic E-state index is 12.1. The van der Waals surface area contributed by atoms with E-state index in [9.17, 15) is 9.59 Å². The van der Waals surface area contributed by atoms with Gasteiger partial charge in [0.2, 0.25) is 5.91 Å². The zero-order chi connectivity index (χ0) is 13.8. The van der Waals surface area contributed by atoms with E-state index in [-0.39, 0.29) is 21.9 Å². The van der Waals surface area contributed by atoms with E-state index in [1.807, 2.05) is 0 Å². The highest BCUT2D eigenvalue weighted by Gasteiger charge is 2.37. The first-order chi connectivity index (χ1) is 8.85. The maximum Gasteiger partial charge on any atom is 0.230 e. The molecule has 1 amide bonds. The van der Waals surface area contributed by atoms with Crippen LogP contribution in [0.4, 0.5) is 5.13 Å². The summed E-state index contributed by atoms with van der Waals surface area (Å²) in [5, 5.41) is 0.683. The molecule has 1 fully saturated rings. The van der Waals surface area contributed by atoms with Crippen LogP contribution in [0.2, 0.25) is 0 Å². The van der Waals surface area contributed by atoms with Crippen LogP contribution in [0.1, 0.15) is 42.1 Å². The third kappa shape index (κ3) is 2.36. The summed E-state index contributed by atoms with van der Waals surface area (Å²) in [6.45, 7) is 4.81. The molecule has 2 aliphatic rings. The number of aromatic nitrogens is 1. The van der Waals surface area contributed by atoms with E-state index < -0.39 is 0 Å². The molecule has 1 aliphatic carbocycles. The van der Waals surface area contributed by atoms with Gasteiger partial charge in [-0.15, -0.1) is 0 Å². The Bertz CT molecular complexity index is 567. The topological polar surface area (TPSA) is 50.3 Å². The highest BCUT2D eigenvalue weighted by molar-refractivity contribution is 9.09. The van der Waals surface area contributed by atoms with Crippen molar-refractivity contribution < 1.29 is 9.59 Å². The number of anilines is 1. The number of alkyl halides is 1. The van der Waals surface area contributed by atoms with Gasteiger partial charge in [-0.05, 0) is 11.8 Å². The molecule has 0 bridgehead atoms. The van der Waals surface area contributed by atoms with E-state index in [0.717, 1.165) is 17.0 Å². The van der Waals surface area contributed by atoms with Gasteiger partial charge in [0.15, 0.2) is 10.9 Å². The van der Waals surface area contributed by atoms with Crippen LogP contribution in [-0.4, -0.2) is 28.0 Å². The van der Waals surface area contributed by atoms with Crippen LogP contribution >= 0.6 is 27.3 Å². The second kappa shape index (κ2) is 4.38. The Labute approximate surface area is 124 Å². The molecule has 1 aromatic rings. The molecule has 1 atom stereocenters. The van der Waals surface area contributed by atoms with E-state index in [2.05, 4.69) is 34.8 Å². The molecule has 1 aromatic heterocycles. The third-order valence-electron chi connectivity index (χ3n) is 3.53. The summed E-state index contributed by atoms with van der Waals surface area (Å²) in [7, 11) is 0. The first-order valence-corrected chi connectivity index (χ1v) is 8.06. The van der Waals surface area contributed by atoms with Gasteiger partial charge in [0.05, 0.1) is 10.6 Å². The number of thiazole rings is 1. The van der Waals surface area contributed by atoms with Crippen LogP contribution in [-0.2, 0) is 11.2 Å². The number of amides is 1. The number of halogens is 1. The van der Waals surface area contributed by atoms with Gasteiger partial charge < -0.3 is 0 Å². The molecule has 2 heterocycles.